The van der Waals surface area contributed by atoms with E-state index in [9.17, 15) is 14.4 Å². The van der Waals surface area contributed by atoms with Crippen LogP contribution < -0.4 is 0 Å². The lowest BCUT2D eigenvalue weighted by molar-refractivity contribution is -0.158. The van der Waals surface area contributed by atoms with Crippen molar-refractivity contribution in [3.63, 3.8) is 0 Å². The summed E-state index contributed by atoms with van der Waals surface area (Å²) in [6.07, 6.45) is 26.6. The first-order chi connectivity index (χ1) is 27.3. The smallest absolute Gasteiger partial charge is 0.308 e. The molecule has 1 saturated heterocycles. The number of carbonyl (C=O) groups is 3. The molecular formula is C47H89NO8. The topological polar surface area (TPSA) is 101 Å². The fourth-order valence-corrected chi connectivity index (χ4v) is 7.48. The molecule has 0 aromatic carbocycles. The molecule has 9 heteroatoms. The van der Waals surface area contributed by atoms with Crippen LogP contribution in [-0.4, -0.2) is 88.7 Å². The van der Waals surface area contributed by atoms with E-state index in [1.165, 1.54) is 64.2 Å². The maximum absolute atomic E-state index is 13.5. The number of nitrogens with zero attached hydrogens (tertiary/aromatic N) is 1. The zero-order chi connectivity index (χ0) is 40.9. The molecule has 0 aromatic heterocycles. The average molecular weight is 796 g/mol. The van der Waals surface area contributed by atoms with E-state index in [4.69, 9.17) is 23.7 Å². The van der Waals surface area contributed by atoms with Gasteiger partial charge < -0.3 is 28.6 Å². The Kier molecular flexibility index (Phi) is 35.1. The standard InChI is InChI=1S/C47H89NO8/c1-6-10-14-18-20-24-28-43(26-22-16-12-8-3)46(50)55-39-42(38-54-45(49)30-32-52-34-35-53-33-31-48-36-41(5)37-48)40-56-47(51)44(27-23-17-13-9-4)29-25-21-19-15-11-7-2/h41-44H,6-40H2,1-5H3. The number of ether oxygens (including phenoxy) is 5. The fourth-order valence-electron chi connectivity index (χ4n) is 7.48. The van der Waals surface area contributed by atoms with Crippen LogP contribution >= 0.6 is 0 Å². The Bertz CT molecular complexity index is 878. The Hall–Kier alpha value is -1.71. The van der Waals surface area contributed by atoms with Crippen LogP contribution in [0.2, 0.25) is 0 Å². The Labute approximate surface area is 344 Å². The second-order valence-corrected chi connectivity index (χ2v) is 16.9. The lowest BCUT2D eigenvalue weighted by Gasteiger charge is -2.36. The van der Waals surface area contributed by atoms with Crippen molar-refractivity contribution in [2.45, 2.75) is 195 Å². The molecule has 1 rings (SSSR count). The molecule has 0 aliphatic carbocycles. The van der Waals surface area contributed by atoms with Gasteiger partial charge in [-0.3, -0.25) is 14.4 Å². The molecule has 330 valence electrons. The van der Waals surface area contributed by atoms with Crippen LogP contribution in [-0.2, 0) is 38.1 Å². The van der Waals surface area contributed by atoms with E-state index < -0.39 is 5.92 Å². The van der Waals surface area contributed by atoms with Crippen molar-refractivity contribution < 1.29 is 38.1 Å². The van der Waals surface area contributed by atoms with Gasteiger partial charge in [-0.25, -0.2) is 0 Å². The maximum atomic E-state index is 13.5. The summed E-state index contributed by atoms with van der Waals surface area (Å²) in [5.41, 5.74) is 0. The minimum absolute atomic E-state index is 0.0226. The van der Waals surface area contributed by atoms with Crippen molar-refractivity contribution in [1.82, 2.24) is 4.90 Å². The predicted octanol–water partition coefficient (Wildman–Crippen LogP) is 11.3. The third-order valence-corrected chi connectivity index (χ3v) is 11.2. The lowest BCUT2D eigenvalue weighted by atomic mass is 9.94. The molecule has 0 bridgehead atoms. The Balaban J connectivity index is 2.74. The van der Waals surface area contributed by atoms with Crippen molar-refractivity contribution in [3.05, 3.63) is 0 Å². The minimum atomic E-state index is -0.430. The zero-order valence-electron chi connectivity index (χ0n) is 37.3. The summed E-state index contributed by atoms with van der Waals surface area (Å²) in [5.74, 6) is -0.639. The summed E-state index contributed by atoms with van der Waals surface area (Å²) in [6, 6.07) is 0. The van der Waals surface area contributed by atoms with Crippen LogP contribution in [0.15, 0.2) is 0 Å². The second-order valence-electron chi connectivity index (χ2n) is 16.9. The van der Waals surface area contributed by atoms with Gasteiger partial charge in [0.05, 0.1) is 50.6 Å². The van der Waals surface area contributed by atoms with E-state index in [0.29, 0.717) is 19.8 Å². The third-order valence-electron chi connectivity index (χ3n) is 11.2. The first-order valence-corrected chi connectivity index (χ1v) is 23.7. The minimum Gasteiger partial charge on any atom is -0.465 e. The van der Waals surface area contributed by atoms with Gasteiger partial charge in [-0.05, 0) is 31.6 Å². The molecule has 0 aromatic rings. The summed E-state index contributed by atoms with van der Waals surface area (Å²) in [4.78, 5) is 42.1. The van der Waals surface area contributed by atoms with Crippen LogP contribution in [0.5, 0.6) is 0 Å². The number of esters is 3. The van der Waals surface area contributed by atoms with Crippen molar-refractivity contribution in [2.75, 3.05) is 65.9 Å². The number of hydrogen-bond acceptors (Lipinski definition) is 9. The first-order valence-electron chi connectivity index (χ1n) is 23.7. The number of rotatable bonds is 41. The maximum Gasteiger partial charge on any atom is 0.308 e. The van der Waals surface area contributed by atoms with Gasteiger partial charge in [0.25, 0.3) is 0 Å². The monoisotopic (exact) mass is 796 g/mol. The van der Waals surface area contributed by atoms with Gasteiger partial charge in [0.2, 0.25) is 0 Å². The number of carbonyl (C=O) groups excluding carboxylic acids is 3. The Morgan fingerprint density at radius 1 is 0.500 bits per heavy atom. The summed E-state index contributed by atoms with van der Waals surface area (Å²) in [5, 5.41) is 0. The summed E-state index contributed by atoms with van der Waals surface area (Å²) >= 11 is 0. The SMILES string of the molecule is CCCCCCCCC(CCCCCC)C(=O)OCC(COC(=O)CCOCCOCCN1CC(C)C1)COC(=O)C(CCCCCC)CCCCCCCC. The lowest BCUT2D eigenvalue weighted by Crippen LogP contribution is -2.46. The van der Waals surface area contributed by atoms with Crippen molar-refractivity contribution in [3.8, 4) is 0 Å². The highest BCUT2D eigenvalue weighted by Gasteiger charge is 2.25. The molecule has 9 nitrogen and oxygen atoms in total. The molecule has 0 saturated carbocycles. The van der Waals surface area contributed by atoms with Gasteiger partial charge in [-0.1, -0.05) is 163 Å². The van der Waals surface area contributed by atoms with E-state index in [1.807, 2.05) is 0 Å². The van der Waals surface area contributed by atoms with Gasteiger partial charge >= 0.3 is 17.9 Å². The zero-order valence-corrected chi connectivity index (χ0v) is 37.3. The molecule has 0 N–H and O–H groups in total. The quantitative estimate of drug-likeness (QED) is 0.0340. The van der Waals surface area contributed by atoms with Gasteiger partial charge in [-0.15, -0.1) is 0 Å². The highest BCUT2D eigenvalue weighted by molar-refractivity contribution is 5.73. The van der Waals surface area contributed by atoms with Gasteiger partial charge in [0.15, 0.2) is 0 Å². The van der Waals surface area contributed by atoms with Crippen molar-refractivity contribution >= 4 is 17.9 Å². The van der Waals surface area contributed by atoms with Crippen molar-refractivity contribution in [2.24, 2.45) is 23.7 Å². The predicted molar refractivity (Wildman–Crippen MR) is 229 cm³/mol. The van der Waals surface area contributed by atoms with Crippen LogP contribution in [0.1, 0.15) is 195 Å². The molecule has 0 spiro atoms. The van der Waals surface area contributed by atoms with Crippen LogP contribution in [0.3, 0.4) is 0 Å². The molecule has 1 aliphatic rings. The van der Waals surface area contributed by atoms with Crippen LogP contribution in [0.25, 0.3) is 0 Å². The molecular weight excluding hydrogens is 707 g/mol. The number of unbranched alkanes of at least 4 members (excludes halogenated alkanes) is 16. The molecule has 2 unspecified atom stereocenters. The summed E-state index contributed by atoms with van der Waals surface area (Å²) in [6.45, 7) is 16.3. The van der Waals surface area contributed by atoms with Gasteiger partial charge in [0, 0.05) is 19.6 Å². The molecule has 2 atom stereocenters. The van der Waals surface area contributed by atoms with Crippen molar-refractivity contribution in [1.29, 1.82) is 0 Å². The van der Waals surface area contributed by atoms with E-state index in [2.05, 4.69) is 39.5 Å². The summed E-state index contributed by atoms with van der Waals surface area (Å²) < 4.78 is 28.9. The summed E-state index contributed by atoms with van der Waals surface area (Å²) in [7, 11) is 0. The number of likely N-dealkylation sites (tertiary alicyclic amines) is 1. The highest BCUT2D eigenvalue weighted by Crippen LogP contribution is 2.23. The first kappa shape index (κ1) is 52.3. The molecule has 0 radical (unpaired) electrons. The third kappa shape index (κ3) is 29.5. The molecule has 0 amide bonds. The Morgan fingerprint density at radius 2 is 0.875 bits per heavy atom. The fraction of sp³-hybridized carbons (Fsp3) is 0.936. The normalized spacial score (nSPS) is 14.9. The highest BCUT2D eigenvalue weighted by atomic mass is 16.6. The average Bonchev–Trinajstić information content (AvgIpc) is 3.18. The van der Waals surface area contributed by atoms with Crippen LogP contribution in [0.4, 0.5) is 0 Å². The molecule has 1 fully saturated rings. The number of hydrogen-bond donors (Lipinski definition) is 0. The molecule has 1 aliphatic heterocycles. The Morgan fingerprint density at radius 3 is 1.30 bits per heavy atom. The largest absolute Gasteiger partial charge is 0.465 e. The van der Waals surface area contributed by atoms with Gasteiger partial charge in [-0.2, -0.15) is 0 Å². The van der Waals surface area contributed by atoms with Crippen LogP contribution in [0, 0.1) is 23.7 Å². The second kappa shape index (κ2) is 37.6. The van der Waals surface area contributed by atoms with Gasteiger partial charge in [0.1, 0.15) is 19.8 Å². The van der Waals surface area contributed by atoms with E-state index in [1.54, 1.807) is 0 Å². The molecule has 56 heavy (non-hydrogen) atoms. The van der Waals surface area contributed by atoms with E-state index in [0.717, 1.165) is 115 Å². The van der Waals surface area contributed by atoms with E-state index >= 15 is 0 Å². The van der Waals surface area contributed by atoms with E-state index in [-0.39, 0.29) is 62.6 Å². The molecule has 1 heterocycles.